The lowest BCUT2D eigenvalue weighted by atomic mass is 10.2. The molecule has 1 aromatic carbocycles. The molecule has 15 heavy (non-hydrogen) atoms. The summed E-state index contributed by atoms with van der Waals surface area (Å²) in [6, 6.07) is 4.28. The maximum absolute atomic E-state index is 13.3. The molecule has 1 atom stereocenters. The number of anilines is 1. The first-order chi connectivity index (χ1) is 6.93. The SMILES string of the molecule is CC(O)C(=O)N(C)c1cc(Br)ccc1F. The summed E-state index contributed by atoms with van der Waals surface area (Å²) in [5, 5.41) is 9.09. The Morgan fingerprint density at radius 2 is 2.20 bits per heavy atom. The zero-order chi connectivity index (χ0) is 11.6. The molecule has 0 saturated carbocycles. The number of aliphatic hydroxyl groups is 1. The number of benzene rings is 1. The largest absolute Gasteiger partial charge is 0.384 e. The molecule has 0 radical (unpaired) electrons. The minimum absolute atomic E-state index is 0.135. The summed E-state index contributed by atoms with van der Waals surface area (Å²) in [4.78, 5) is 12.5. The van der Waals surface area contributed by atoms with Crippen molar-refractivity contribution in [2.75, 3.05) is 11.9 Å². The standard InChI is InChI=1S/C10H11BrFNO2/c1-6(14)10(15)13(2)9-5-7(11)3-4-8(9)12/h3-6,14H,1-2H3. The highest BCUT2D eigenvalue weighted by atomic mass is 79.9. The first kappa shape index (κ1) is 12.1. The Morgan fingerprint density at radius 1 is 1.60 bits per heavy atom. The molecule has 0 heterocycles. The second kappa shape index (κ2) is 4.72. The Hall–Kier alpha value is -0.940. The zero-order valence-electron chi connectivity index (χ0n) is 8.37. The molecule has 1 unspecified atom stereocenters. The molecular weight excluding hydrogens is 265 g/mol. The number of aliphatic hydroxyl groups excluding tert-OH is 1. The molecule has 0 aliphatic carbocycles. The van der Waals surface area contributed by atoms with E-state index in [1.54, 1.807) is 6.07 Å². The molecule has 82 valence electrons. The first-order valence-corrected chi connectivity index (χ1v) is 5.13. The van der Waals surface area contributed by atoms with E-state index < -0.39 is 17.8 Å². The van der Waals surface area contributed by atoms with Crippen molar-refractivity contribution in [1.29, 1.82) is 0 Å². The minimum Gasteiger partial charge on any atom is -0.384 e. The van der Waals surface area contributed by atoms with Crippen LogP contribution in [0.4, 0.5) is 10.1 Å². The summed E-state index contributed by atoms with van der Waals surface area (Å²) >= 11 is 3.18. The van der Waals surface area contributed by atoms with Gasteiger partial charge in [-0.3, -0.25) is 4.79 Å². The first-order valence-electron chi connectivity index (χ1n) is 4.34. The number of rotatable bonds is 2. The van der Waals surface area contributed by atoms with Crippen molar-refractivity contribution in [3.63, 3.8) is 0 Å². The van der Waals surface area contributed by atoms with Crippen LogP contribution in [0.5, 0.6) is 0 Å². The zero-order valence-corrected chi connectivity index (χ0v) is 9.95. The average molecular weight is 276 g/mol. The van der Waals surface area contributed by atoms with Gasteiger partial charge in [0.25, 0.3) is 5.91 Å². The number of carbonyl (C=O) groups is 1. The molecule has 0 fully saturated rings. The Kier molecular flexibility index (Phi) is 3.82. The lowest BCUT2D eigenvalue weighted by Gasteiger charge is -2.19. The summed E-state index contributed by atoms with van der Waals surface area (Å²) in [7, 11) is 1.42. The predicted octanol–water partition coefficient (Wildman–Crippen LogP) is 1.93. The number of hydrogen-bond donors (Lipinski definition) is 1. The van der Waals surface area contributed by atoms with Crippen LogP contribution in [0.3, 0.4) is 0 Å². The molecule has 1 amide bonds. The fourth-order valence-electron chi connectivity index (χ4n) is 1.14. The van der Waals surface area contributed by atoms with Gasteiger partial charge in [-0.25, -0.2) is 4.39 Å². The molecule has 1 rings (SSSR count). The van der Waals surface area contributed by atoms with Crippen LogP contribution in [0.2, 0.25) is 0 Å². The monoisotopic (exact) mass is 275 g/mol. The Labute approximate surface area is 95.6 Å². The van der Waals surface area contributed by atoms with Crippen LogP contribution >= 0.6 is 15.9 Å². The second-order valence-electron chi connectivity index (χ2n) is 3.17. The van der Waals surface area contributed by atoms with E-state index in [9.17, 15) is 9.18 Å². The van der Waals surface area contributed by atoms with Gasteiger partial charge in [0, 0.05) is 11.5 Å². The molecule has 5 heteroatoms. The summed E-state index contributed by atoms with van der Waals surface area (Å²) in [5.41, 5.74) is 0.135. The van der Waals surface area contributed by atoms with Crippen molar-refractivity contribution < 1.29 is 14.3 Å². The van der Waals surface area contributed by atoms with Crippen LogP contribution in [0.1, 0.15) is 6.92 Å². The third-order valence-electron chi connectivity index (χ3n) is 1.96. The topological polar surface area (TPSA) is 40.5 Å². The predicted molar refractivity (Wildman–Crippen MR) is 59.2 cm³/mol. The quantitative estimate of drug-likeness (QED) is 0.896. The second-order valence-corrected chi connectivity index (χ2v) is 4.08. The highest BCUT2D eigenvalue weighted by molar-refractivity contribution is 9.10. The summed E-state index contributed by atoms with van der Waals surface area (Å²) in [6.45, 7) is 1.34. The lowest BCUT2D eigenvalue weighted by Crippen LogP contribution is -2.35. The van der Waals surface area contributed by atoms with E-state index in [-0.39, 0.29) is 5.69 Å². The van der Waals surface area contributed by atoms with E-state index in [1.165, 1.54) is 26.1 Å². The van der Waals surface area contributed by atoms with Gasteiger partial charge >= 0.3 is 0 Å². The van der Waals surface area contributed by atoms with Crippen molar-refractivity contribution in [3.05, 3.63) is 28.5 Å². The van der Waals surface area contributed by atoms with Gasteiger partial charge in [-0.05, 0) is 25.1 Å². The number of nitrogens with zero attached hydrogens (tertiary/aromatic N) is 1. The van der Waals surface area contributed by atoms with E-state index in [0.717, 1.165) is 4.90 Å². The maximum Gasteiger partial charge on any atom is 0.255 e. The molecular formula is C10H11BrFNO2. The number of carbonyl (C=O) groups excluding carboxylic acids is 1. The van der Waals surface area contributed by atoms with Gasteiger partial charge in [-0.1, -0.05) is 15.9 Å². The smallest absolute Gasteiger partial charge is 0.255 e. The van der Waals surface area contributed by atoms with Gasteiger partial charge in [0.2, 0.25) is 0 Å². The van der Waals surface area contributed by atoms with Gasteiger partial charge < -0.3 is 10.0 Å². The Balaban J connectivity index is 3.05. The minimum atomic E-state index is -1.15. The highest BCUT2D eigenvalue weighted by Crippen LogP contribution is 2.23. The Morgan fingerprint density at radius 3 is 2.73 bits per heavy atom. The van der Waals surface area contributed by atoms with Crippen LogP contribution in [0.25, 0.3) is 0 Å². The summed E-state index contributed by atoms with van der Waals surface area (Å²) in [6.07, 6.45) is -1.15. The van der Waals surface area contributed by atoms with Crippen molar-refractivity contribution in [1.82, 2.24) is 0 Å². The third kappa shape index (κ3) is 2.76. The van der Waals surface area contributed by atoms with Crippen LogP contribution in [-0.4, -0.2) is 24.2 Å². The lowest BCUT2D eigenvalue weighted by molar-refractivity contribution is -0.125. The van der Waals surface area contributed by atoms with Crippen molar-refractivity contribution in [3.8, 4) is 0 Å². The van der Waals surface area contributed by atoms with Crippen molar-refractivity contribution in [2.24, 2.45) is 0 Å². The molecule has 0 aromatic heterocycles. The molecule has 1 aromatic rings. The van der Waals surface area contributed by atoms with Crippen LogP contribution in [-0.2, 0) is 4.79 Å². The van der Waals surface area contributed by atoms with Crippen LogP contribution in [0, 0.1) is 5.82 Å². The fourth-order valence-corrected chi connectivity index (χ4v) is 1.49. The molecule has 0 aliphatic heterocycles. The summed E-state index contributed by atoms with van der Waals surface area (Å²) < 4.78 is 14.0. The molecule has 3 nitrogen and oxygen atoms in total. The molecule has 0 aliphatic rings. The average Bonchev–Trinajstić information content (AvgIpc) is 2.19. The van der Waals surface area contributed by atoms with Crippen LogP contribution < -0.4 is 4.90 Å². The molecule has 0 spiro atoms. The number of hydrogen-bond acceptors (Lipinski definition) is 2. The normalized spacial score (nSPS) is 12.3. The van der Waals surface area contributed by atoms with Crippen molar-refractivity contribution in [2.45, 2.75) is 13.0 Å². The van der Waals surface area contributed by atoms with Gasteiger partial charge in [-0.15, -0.1) is 0 Å². The van der Waals surface area contributed by atoms with E-state index in [1.807, 2.05) is 0 Å². The number of halogens is 2. The van der Waals surface area contributed by atoms with E-state index >= 15 is 0 Å². The maximum atomic E-state index is 13.3. The molecule has 0 saturated heterocycles. The number of likely N-dealkylation sites (N-methyl/N-ethyl adjacent to an activating group) is 1. The highest BCUT2D eigenvalue weighted by Gasteiger charge is 2.18. The van der Waals surface area contributed by atoms with Gasteiger partial charge in [-0.2, -0.15) is 0 Å². The van der Waals surface area contributed by atoms with Gasteiger partial charge in [0.05, 0.1) is 5.69 Å². The van der Waals surface area contributed by atoms with Gasteiger partial charge in [0.15, 0.2) is 0 Å². The number of amides is 1. The van der Waals surface area contributed by atoms with E-state index in [0.29, 0.717) is 4.47 Å². The molecule has 1 N–H and O–H groups in total. The molecule has 0 bridgehead atoms. The fraction of sp³-hybridized carbons (Fsp3) is 0.300. The van der Waals surface area contributed by atoms with E-state index in [4.69, 9.17) is 5.11 Å². The Bertz CT molecular complexity index is 382. The van der Waals surface area contributed by atoms with Gasteiger partial charge in [0.1, 0.15) is 11.9 Å². The summed E-state index contributed by atoms with van der Waals surface area (Å²) in [5.74, 6) is -1.05. The van der Waals surface area contributed by atoms with Crippen LogP contribution in [0.15, 0.2) is 22.7 Å². The van der Waals surface area contributed by atoms with Crippen molar-refractivity contribution >= 4 is 27.5 Å². The third-order valence-corrected chi connectivity index (χ3v) is 2.45. The van der Waals surface area contributed by atoms with E-state index in [2.05, 4.69) is 15.9 Å².